The van der Waals surface area contributed by atoms with Crippen molar-refractivity contribution in [3.8, 4) is 22.3 Å². The third kappa shape index (κ3) is 6.22. The molecular weight excluding hydrogens is 711 g/mol. The second-order valence-electron chi connectivity index (χ2n) is 18.0. The van der Waals surface area contributed by atoms with E-state index in [0.29, 0.717) is 5.92 Å². The molecule has 0 saturated heterocycles. The van der Waals surface area contributed by atoms with Crippen LogP contribution in [0.25, 0.3) is 33.0 Å². The van der Waals surface area contributed by atoms with Gasteiger partial charge in [-0.3, -0.25) is 0 Å². The van der Waals surface area contributed by atoms with Gasteiger partial charge in [-0.1, -0.05) is 192 Å². The van der Waals surface area contributed by atoms with Crippen LogP contribution in [0.5, 0.6) is 0 Å². The molecule has 0 spiro atoms. The number of benzene rings is 8. The molecule has 59 heavy (non-hydrogen) atoms. The first-order valence-corrected chi connectivity index (χ1v) is 21.7. The van der Waals surface area contributed by atoms with Crippen molar-refractivity contribution in [2.75, 3.05) is 4.90 Å². The molecule has 1 fully saturated rings. The van der Waals surface area contributed by atoms with Gasteiger partial charge >= 0.3 is 0 Å². The monoisotopic (exact) mass is 763 g/mol. The Kier molecular flexibility index (Phi) is 9.36. The lowest BCUT2D eigenvalue weighted by atomic mass is 9.67. The van der Waals surface area contributed by atoms with Gasteiger partial charge in [0.25, 0.3) is 0 Å². The number of hydrogen-bond acceptors (Lipinski definition) is 1. The van der Waals surface area contributed by atoms with E-state index >= 15 is 0 Å². The van der Waals surface area contributed by atoms with Crippen molar-refractivity contribution in [3.05, 3.63) is 221 Å². The Balaban J connectivity index is 1.32. The van der Waals surface area contributed by atoms with E-state index in [9.17, 15) is 0 Å². The van der Waals surface area contributed by atoms with Gasteiger partial charge in [0.1, 0.15) is 0 Å². The fraction of sp³-hybridized carbons (Fsp3) is 0.207. The van der Waals surface area contributed by atoms with Gasteiger partial charge in [0.15, 0.2) is 0 Å². The van der Waals surface area contributed by atoms with E-state index in [-0.39, 0.29) is 5.41 Å². The van der Waals surface area contributed by atoms with Gasteiger partial charge in [-0.2, -0.15) is 0 Å². The molecule has 2 aliphatic carbocycles. The Labute approximate surface area is 351 Å². The maximum absolute atomic E-state index is 2.64. The molecule has 0 heterocycles. The number of hydrogen-bond donors (Lipinski definition) is 0. The highest BCUT2D eigenvalue weighted by Gasteiger charge is 2.47. The first-order valence-electron chi connectivity index (χ1n) is 21.7. The standard InChI is InChI=1S/C58H53N/c1-40-21-20-33-52-56(40)49-36-35-46(39-53(49)58(52,44-26-10-6-11-27-44)45-28-12-7-13-29-45)59(54-34-19-17-30-47(54)41-22-8-5-9-23-41)55-38-43-25-15-14-24-42(43)37-50(55)48-31-16-18-32-51(48)57(2,3)4/h6-7,10-21,24-39,41H,5,8-9,22-23H2,1-4H3. The Hall–Kier alpha value is -6.18. The Morgan fingerprint density at radius 2 is 1.12 bits per heavy atom. The van der Waals surface area contributed by atoms with Crippen LogP contribution in [0.1, 0.15) is 97.7 Å². The number of aryl methyl sites for hydroxylation is 1. The molecule has 0 amide bonds. The predicted octanol–water partition coefficient (Wildman–Crippen LogP) is 16.0. The number of fused-ring (bicyclic) bond motifs is 4. The first-order chi connectivity index (χ1) is 28.8. The second-order valence-corrected chi connectivity index (χ2v) is 18.0. The number of rotatable bonds is 7. The number of anilines is 3. The minimum absolute atomic E-state index is 0.0491. The van der Waals surface area contributed by atoms with E-state index < -0.39 is 5.41 Å². The summed E-state index contributed by atoms with van der Waals surface area (Å²) in [6, 6.07) is 69.0. The van der Waals surface area contributed by atoms with Crippen LogP contribution in [0, 0.1) is 6.92 Å². The van der Waals surface area contributed by atoms with E-state index in [1.807, 2.05) is 0 Å². The number of para-hydroxylation sites is 1. The molecule has 0 aromatic heterocycles. The highest BCUT2D eigenvalue weighted by molar-refractivity contribution is 6.00. The smallest absolute Gasteiger partial charge is 0.0714 e. The quantitative estimate of drug-likeness (QED) is 0.156. The molecule has 8 aromatic rings. The molecule has 8 aromatic carbocycles. The van der Waals surface area contributed by atoms with Crippen LogP contribution < -0.4 is 4.90 Å². The first kappa shape index (κ1) is 37.1. The van der Waals surface area contributed by atoms with Gasteiger partial charge in [-0.05, 0) is 128 Å². The van der Waals surface area contributed by atoms with Crippen molar-refractivity contribution in [1.29, 1.82) is 0 Å². The zero-order valence-corrected chi connectivity index (χ0v) is 34.9. The summed E-state index contributed by atoms with van der Waals surface area (Å²) in [5.74, 6) is 0.516. The van der Waals surface area contributed by atoms with E-state index in [4.69, 9.17) is 0 Å². The summed E-state index contributed by atoms with van der Waals surface area (Å²) in [4.78, 5) is 2.64. The van der Waals surface area contributed by atoms with E-state index in [2.05, 4.69) is 215 Å². The van der Waals surface area contributed by atoms with Gasteiger partial charge in [0.2, 0.25) is 0 Å². The molecule has 10 rings (SSSR count). The summed E-state index contributed by atoms with van der Waals surface area (Å²) in [5, 5.41) is 2.49. The summed E-state index contributed by atoms with van der Waals surface area (Å²) in [6.45, 7) is 9.31. The lowest BCUT2D eigenvalue weighted by Crippen LogP contribution is -2.29. The SMILES string of the molecule is Cc1cccc2c1-c1ccc(N(c3cc4ccccc4cc3-c3ccccc3C(C)(C)C)c3ccccc3C3CCCCC3)cc1C2(c1ccccc1)c1ccccc1. The second kappa shape index (κ2) is 14.9. The van der Waals surface area contributed by atoms with Gasteiger partial charge in [-0.15, -0.1) is 0 Å². The van der Waals surface area contributed by atoms with E-state index in [0.717, 1.165) is 0 Å². The lowest BCUT2D eigenvalue weighted by molar-refractivity contribution is 0.444. The summed E-state index contributed by atoms with van der Waals surface area (Å²) in [7, 11) is 0. The van der Waals surface area contributed by atoms with Crippen molar-refractivity contribution in [2.45, 2.75) is 76.5 Å². The Morgan fingerprint density at radius 1 is 0.492 bits per heavy atom. The fourth-order valence-corrected chi connectivity index (χ4v) is 10.7. The van der Waals surface area contributed by atoms with Crippen molar-refractivity contribution >= 4 is 27.8 Å². The third-order valence-corrected chi connectivity index (χ3v) is 13.4. The molecule has 0 unspecified atom stereocenters. The maximum atomic E-state index is 2.64. The molecule has 1 heteroatoms. The van der Waals surface area contributed by atoms with Gasteiger partial charge in [0, 0.05) is 16.9 Å². The van der Waals surface area contributed by atoms with Crippen molar-refractivity contribution in [2.24, 2.45) is 0 Å². The summed E-state index contributed by atoms with van der Waals surface area (Å²) < 4.78 is 0. The molecule has 2 aliphatic rings. The third-order valence-electron chi connectivity index (χ3n) is 13.4. The van der Waals surface area contributed by atoms with Crippen LogP contribution >= 0.6 is 0 Å². The topological polar surface area (TPSA) is 3.24 Å². The summed E-state index contributed by atoms with van der Waals surface area (Å²) >= 11 is 0. The molecule has 1 nitrogen and oxygen atoms in total. The zero-order valence-electron chi connectivity index (χ0n) is 34.9. The van der Waals surface area contributed by atoms with Crippen molar-refractivity contribution in [1.82, 2.24) is 0 Å². The molecule has 1 saturated carbocycles. The summed E-state index contributed by atoms with van der Waals surface area (Å²) in [6.07, 6.45) is 6.35. The van der Waals surface area contributed by atoms with Crippen LogP contribution in [0.2, 0.25) is 0 Å². The average molecular weight is 764 g/mol. The molecule has 0 radical (unpaired) electrons. The molecule has 0 N–H and O–H groups in total. The van der Waals surface area contributed by atoms with Crippen LogP contribution in [-0.2, 0) is 10.8 Å². The molecule has 0 atom stereocenters. The maximum Gasteiger partial charge on any atom is 0.0714 e. The molecular formula is C58H53N. The van der Waals surface area contributed by atoms with Crippen LogP contribution in [0.3, 0.4) is 0 Å². The number of nitrogens with zero attached hydrogens (tertiary/aromatic N) is 1. The molecule has 290 valence electrons. The van der Waals surface area contributed by atoms with Gasteiger partial charge < -0.3 is 4.90 Å². The van der Waals surface area contributed by atoms with E-state index in [1.165, 1.54) is 121 Å². The Morgan fingerprint density at radius 3 is 1.83 bits per heavy atom. The Bertz CT molecular complexity index is 2760. The normalized spacial score (nSPS) is 14.8. The predicted molar refractivity (Wildman–Crippen MR) is 251 cm³/mol. The van der Waals surface area contributed by atoms with Crippen LogP contribution in [-0.4, -0.2) is 0 Å². The zero-order chi connectivity index (χ0) is 40.1. The van der Waals surface area contributed by atoms with Crippen molar-refractivity contribution < 1.29 is 0 Å². The van der Waals surface area contributed by atoms with Gasteiger partial charge in [0.05, 0.1) is 11.1 Å². The fourth-order valence-electron chi connectivity index (χ4n) is 10.7. The molecule has 0 bridgehead atoms. The highest BCUT2D eigenvalue weighted by Crippen LogP contribution is 2.59. The van der Waals surface area contributed by atoms with E-state index in [1.54, 1.807) is 0 Å². The minimum Gasteiger partial charge on any atom is -0.310 e. The molecule has 0 aliphatic heterocycles. The van der Waals surface area contributed by atoms with Gasteiger partial charge in [-0.25, -0.2) is 0 Å². The van der Waals surface area contributed by atoms with Crippen LogP contribution in [0.4, 0.5) is 17.1 Å². The highest BCUT2D eigenvalue weighted by atomic mass is 15.1. The lowest BCUT2D eigenvalue weighted by Gasteiger charge is -2.36. The summed E-state index contributed by atoms with van der Waals surface area (Å²) in [5.41, 5.74) is 17.7. The average Bonchev–Trinajstić information content (AvgIpc) is 3.58. The minimum atomic E-state index is -0.505. The van der Waals surface area contributed by atoms with Crippen molar-refractivity contribution in [3.63, 3.8) is 0 Å². The largest absolute Gasteiger partial charge is 0.310 e. The van der Waals surface area contributed by atoms with Crippen LogP contribution in [0.15, 0.2) is 182 Å².